The number of aromatic nitrogens is 2. The van der Waals surface area contributed by atoms with Crippen LogP contribution < -0.4 is 10.6 Å². The van der Waals surface area contributed by atoms with Crippen molar-refractivity contribution in [2.75, 3.05) is 11.9 Å². The predicted molar refractivity (Wildman–Crippen MR) is 147 cm³/mol. The monoisotopic (exact) mass is 531 g/mol. The molecule has 4 aromatic rings. The summed E-state index contributed by atoms with van der Waals surface area (Å²) in [6, 6.07) is 19.8. The van der Waals surface area contributed by atoms with E-state index in [2.05, 4.69) is 26.3 Å². The number of hydrogen-bond acceptors (Lipinski definition) is 3. The van der Waals surface area contributed by atoms with E-state index in [1.807, 2.05) is 36.9 Å². The Morgan fingerprint density at radius 1 is 1.05 bits per heavy atom. The van der Waals surface area contributed by atoms with E-state index in [4.69, 9.17) is 12.2 Å². The summed E-state index contributed by atoms with van der Waals surface area (Å²) in [6.45, 7) is 4.34. The van der Waals surface area contributed by atoms with Crippen LogP contribution in [0.25, 0.3) is 5.69 Å². The quantitative estimate of drug-likeness (QED) is 0.297. The second kappa shape index (κ2) is 10.7. The smallest absolute Gasteiger partial charge is 0.226 e. The SMILES string of the molecule is Cc1cc([C@@H]2[C@H](c3ccccn3)NC(=S)N2CCC(=O)Nc2ccccc2F)c(C)n1-c1ccc(F)cc1. The van der Waals surface area contributed by atoms with E-state index in [0.717, 1.165) is 28.3 Å². The number of carbonyl (C=O) groups is 1. The van der Waals surface area contributed by atoms with Gasteiger partial charge in [0, 0.05) is 36.2 Å². The Morgan fingerprint density at radius 2 is 1.79 bits per heavy atom. The van der Waals surface area contributed by atoms with Crippen LogP contribution in [0.5, 0.6) is 0 Å². The van der Waals surface area contributed by atoms with Crippen LogP contribution in [0.15, 0.2) is 79.0 Å². The molecule has 9 heteroatoms. The fourth-order valence-corrected chi connectivity index (χ4v) is 5.39. The Labute approximate surface area is 225 Å². The molecule has 1 amide bonds. The Hall–Kier alpha value is -4.11. The van der Waals surface area contributed by atoms with E-state index in [1.54, 1.807) is 30.5 Å². The Bertz CT molecular complexity index is 1470. The molecular formula is C29H27F2N5OS. The van der Waals surface area contributed by atoms with E-state index in [-0.39, 0.29) is 35.9 Å². The van der Waals surface area contributed by atoms with Crippen LogP contribution in [0.3, 0.4) is 0 Å². The van der Waals surface area contributed by atoms with E-state index in [1.165, 1.54) is 24.3 Å². The summed E-state index contributed by atoms with van der Waals surface area (Å²) in [5, 5.41) is 6.55. The van der Waals surface area contributed by atoms with E-state index < -0.39 is 5.82 Å². The normalized spacial score (nSPS) is 16.9. The third kappa shape index (κ3) is 5.02. The van der Waals surface area contributed by atoms with Crippen molar-refractivity contribution in [2.45, 2.75) is 32.4 Å². The zero-order valence-corrected chi connectivity index (χ0v) is 21.8. The molecule has 0 spiro atoms. The number of benzene rings is 2. The van der Waals surface area contributed by atoms with Gasteiger partial charge in [-0.15, -0.1) is 0 Å². The molecule has 0 unspecified atom stereocenters. The van der Waals surface area contributed by atoms with Gasteiger partial charge in [0.25, 0.3) is 0 Å². The molecule has 2 N–H and O–H groups in total. The van der Waals surface area contributed by atoms with Crippen molar-refractivity contribution in [3.8, 4) is 5.69 Å². The summed E-state index contributed by atoms with van der Waals surface area (Å²) in [5.74, 6) is -1.09. The number of pyridine rings is 1. The average Bonchev–Trinajstić information content (AvgIpc) is 3.39. The van der Waals surface area contributed by atoms with Crippen molar-refractivity contribution >= 4 is 28.9 Å². The van der Waals surface area contributed by atoms with Crippen molar-refractivity contribution in [1.82, 2.24) is 19.8 Å². The molecule has 1 aliphatic heterocycles. The van der Waals surface area contributed by atoms with Gasteiger partial charge in [-0.2, -0.15) is 0 Å². The van der Waals surface area contributed by atoms with Gasteiger partial charge in [0.1, 0.15) is 11.6 Å². The number of amides is 1. The molecule has 6 nitrogen and oxygen atoms in total. The number of rotatable bonds is 7. The summed E-state index contributed by atoms with van der Waals surface area (Å²) in [7, 11) is 0. The van der Waals surface area contributed by atoms with Gasteiger partial charge in [-0.3, -0.25) is 9.78 Å². The summed E-state index contributed by atoms with van der Waals surface area (Å²) >= 11 is 5.73. The van der Waals surface area contributed by atoms with Gasteiger partial charge in [0.15, 0.2) is 5.11 Å². The number of carbonyl (C=O) groups excluding carboxylic acids is 1. The predicted octanol–water partition coefficient (Wildman–Crippen LogP) is 5.77. The second-order valence-corrected chi connectivity index (χ2v) is 9.62. The molecular weight excluding hydrogens is 504 g/mol. The van der Waals surface area contributed by atoms with Crippen molar-refractivity contribution in [3.05, 3.63) is 113 Å². The summed E-state index contributed by atoms with van der Waals surface area (Å²) in [6.07, 6.45) is 1.85. The van der Waals surface area contributed by atoms with Crippen molar-refractivity contribution in [2.24, 2.45) is 0 Å². The largest absolute Gasteiger partial charge is 0.352 e. The highest BCUT2D eigenvalue weighted by Crippen LogP contribution is 2.41. The minimum absolute atomic E-state index is 0.109. The maximum absolute atomic E-state index is 14.0. The lowest BCUT2D eigenvalue weighted by atomic mass is 9.96. The summed E-state index contributed by atoms with van der Waals surface area (Å²) < 4.78 is 29.7. The zero-order valence-electron chi connectivity index (χ0n) is 21.0. The van der Waals surface area contributed by atoms with Crippen molar-refractivity contribution in [3.63, 3.8) is 0 Å². The maximum atomic E-state index is 14.0. The number of anilines is 1. The standard InChI is InChI=1S/C29H27F2N5OS/c1-18-17-22(19(2)36(18)21-12-10-20(30)11-13-21)28-27(25-9-5-6-15-32-25)34-29(38)35(28)16-14-26(37)33-24-8-4-3-7-23(24)31/h3-13,15,17,27-28H,14,16H2,1-2H3,(H,33,37)(H,34,38)/t27-,28+/m0/s1. The molecule has 2 aromatic heterocycles. The van der Waals surface area contributed by atoms with Gasteiger partial charge in [0.05, 0.1) is 23.5 Å². The molecule has 0 saturated carbocycles. The second-order valence-electron chi connectivity index (χ2n) is 9.24. The van der Waals surface area contributed by atoms with Crippen molar-refractivity contribution < 1.29 is 13.6 Å². The van der Waals surface area contributed by atoms with Gasteiger partial charge in [0.2, 0.25) is 5.91 Å². The highest BCUT2D eigenvalue weighted by molar-refractivity contribution is 7.80. The number of halogens is 2. The minimum atomic E-state index is -0.486. The molecule has 0 aliphatic carbocycles. The first-order valence-corrected chi connectivity index (χ1v) is 12.7. The lowest BCUT2D eigenvalue weighted by Gasteiger charge is -2.28. The van der Waals surface area contributed by atoms with Crippen LogP contribution >= 0.6 is 12.2 Å². The van der Waals surface area contributed by atoms with E-state index in [9.17, 15) is 13.6 Å². The molecule has 0 radical (unpaired) electrons. The van der Waals surface area contributed by atoms with Crippen LogP contribution in [-0.4, -0.2) is 32.0 Å². The number of para-hydroxylation sites is 1. The molecule has 0 bridgehead atoms. The van der Waals surface area contributed by atoms with Crippen LogP contribution in [0.1, 0.15) is 41.1 Å². The van der Waals surface area contributed by atoms with Crippen LogP contribution in [0.4, 0.5) is 14.5 Å². The highest BCUT2D eigenvalue weighted by atomic mass is 32.1. The fraction of sp³-hybridized carbons (Fsp3) is 0.207. The molecule has 38 heavy (non-hydrogen) atoms. The minimum Gasteiger partial charge on any atom is -0.352 e. The van der Waals surface area contributed by atoms with Gasteiger partial charge < -0.3 is 20.1 Å². The lowest BCUT2D eigenvalue weighted by molar-refractivity contribution is -0.116. The molecule has 3 heterocycles. The first-order chi connectivity index (χ1) is 18.3. The summed E-state index contributed by atoms with van der Waals surface area (Å²) in [5.41, 5.74) is 4.80. The maximum Gasteiger partial charge on any atom is 0.226 e. The Balaban J connectivity index is 1.47. The number of aryl methyl sites for hydroxylation is 1. The third-order valence-electron chi connectivity index (χ3n) is 6.80. The molecule has 1 fully saturated rings. The van der Waals surface area contributed by atoms with Gasteiger partial charge >= 0.3 is 0 Å². The number of hydrogen-bond donors (Lipinski definition) is 2. The van der Waals surface area contributed by atoms with E-state index >= 15 is 0 Å². The Kier molecular flexibility index (Phi) is 7.20. The summed E-state index contributed by atoms with van der Waals surface area (Å²) in [4.78, 5) is 19.3. The van der Waals surface area contributed by atoms with Crippen LogP contribution in [0.2, 0.25) is 0 Å². The highest BCUT2D eigenvalue weighted by Gasteiger charge is 2.41. The zero-order chi connectivity index (χ0) is 26.8. The average molecular weight is 532 g/mol. The number of nitrogens with zero attached hydrogens (tertiary/aromatic N) is 3. The molecule has 5 rings (SSSR count). The molecule has 2 aromatic carbocycles. The van der Waals surface area contributed by atoms with E-state index in [0.29, 0.717) is 11.7 Å². The topological polar surface area (TPSA) is 62.2 Å². The third-order valence-corrected chi connectivity index (χ3v) is 7.15. The first-order valence-electron chi connectivity index (χ1n) is 12.3. The van der Waals surface area contributed by atoms with Crippen molar-refractivity contribution in [1.29, 1.82) is 0 Å². The molecule has 1 aliphatic rings. The number of thiocarbonyl (C=S) groups is 1. The first kappa shape index (κ1) is 25.5. The van der Waals surface area contributed by atoms with Gasteiger partial charge in [-0.05, 0) is 86.2 Å². The molecule has 194 valence electrons. The Morgan fingerprint density at radius 3 is 2.50 bits per heavy atom. The fourth-order valence-electron chi connectivity index (χ4n) is 5.06. The number of nitrogens with one attached hydrogen (secondary N) is 2. The van der Waals surface area contributed by atoms with Gasteiger partial charge in [-0.1, -0.05) is 18.2 Å². The van der Waals surface area contributed by atoms with Crippen LogP contribution in [-0.2, 0) is 4.79 Å². The molecule has 1 saturated heterocycles. The van der Waals surface area contributed by atoms with Gasteiger partial charge in [-0.25, -0.2) is 8.78 Å². The lowest BCUT2D eigenvalue weighted by Crippen LogP contribution is -2.33. The molecule has 2 atom stereocenters. The van der Waals surface area contributed by atoms with Crippen LogP contribution in [0, 0.1) is 25.5 Å².